The first-order chi connectivity index (χ1) is 14.8. The highest BCUT2D eigenvalue weighted by molar-refractivity contribution is 6.32. The zero-order valence-corrected chi connectivity index (χ0v) is 16.6. The van der Waals surface area contributed by atoms with Crippen molar-refractivity contribution in [3.05, 3.63) is 64.8 Å². The summed E-state index contributed by atoms with van der Waals surface area (Å²) in [6.07, 6.45) is -3.34. The molecule has 1 aliphatic rings. The van der Waals surface area contributed by atoms with Crippen LogP contribution in [0.2, 0.25) is 5.02 Å². The van der Waals surface area contributed by atoms with Crippen molar-refractivity contribution in [2.24, 2.45) is 0 Å². The van der Waals surface area contributed by atoms with Gasteiger partial charge in [-0.05, 0) is 30.3 Å². The minimum atomic E-state index is -4.93. The summed E-state index contributed by atoms with van der Waals surface area (Å²) in [5.41, 5.74) is -2.37. The van der Waals surface area contributed by atoms with Crippen molar-refractivity contribution in [3.8, 4) is 5.69 Å². The van der Waals surface area contributed by atoms with Gasteiger partial charge in [-0.3, -0.25) is 4.79 Å². The van der Waals surface area contributed by atoms with Gasteiger partial charge >= 0.3 is 6.18 Å². The number of hydrogen-bond acceptors (Lipinski definition) is 5. The summed E-state index contributed by atoms with van der Waals surface area (Å²) in [6.45, 7) is 0.968. The summed E-state index contributed by atoms with van der Waals surface area (Å²) in [5.74, 6) is -1.09. The molecule has 0 radical (unpaired) electrons. The van der Waals surface area contributed by atoms with Crippen molar-refractivity contribution < 1.29 is 22.4 Å². The molecule has 4 rings (SSSR count). The number of piperazine rings is 1. The molecule has 1 aromatic carbocycles. The SMILES string of the molecule is O=C(c1nnn(-c2cccc(F)c2)c1C(F)(F)F)N1CCN(c2ncccc2Cl)CC1. The molecule has 1 amide bonds. The van der Waals surface area contributed by atoms with Gasteiger partial charge in [-0.25, -0.2) is 14.1 Å². The van der Waals surface area contributed by atoms with E-state index in [0.717, 1.165) is 12.1 Å². The smallest absolute Gasteiger partial charge is 0.352 e. The zero-order valence-electron chi connectivity index (χ0n) is 15.9. The van der Waals surface area contributed by atoms with Gasteiger partial charge in [-0.1, -0.05) is 22.9 Å². The highest BCUT2D eigenvalue weighted by Crippen LogP contribution is 2.33. The summed E-state index contributed by atoms with van der Waals surface area (Å²) in [6, 6.07) is 7.83. The Morgan fingerprint density at radius 1 is 1.06 bits per heavy atom. The summed E-state index contributed by atoms with van der Waals surface area (Å²) >= 11 is 6.14. The number of amides is 1. The normalized spacial score (nSPS) is 14.7. The number of alkyl halides is 3. The highest BCUT2D eigenvalue weighted by Gasteiger charge is 2.43. The summed E-state index contributed by atoms with van der Waals surface area (Å²) in [7, 11) is 0. The van der Waals surface area contributed by atoms with E-state index in [9.17, 15) is 22.4 Å². The number of hydrogen-bond donors (Lipinski definition) is 0. The molecule has 12 heteroatoms. The lowest BCUT2D eigenvalue weighted by Crippen LogP contribution is -2.49. The van der Waals surface area contributed by atoms with Crippen molar-refractivity contribution in [3.63, 3.8) is 0 Å². The maximum atomic E-state index is 13.8. The number of anilines is 1. The second-order valence-corrected chi connectivity index (χ2v) is 7.17. The molecule has 3 heterocycles. The second-order valence-electron chi connectivity index (χ2n) is 6.76. The van der Waals surface area contributed by atoms with Crippen molar-refractivity contribution >= 4 is 23.3 Å². The largest absolute Gasteiger partial charge is 0.435 e. The first kappa shape index (κ1) is 21.0. The average molecular weight is 455 g/mol. The molecule has 0 bridgehead atoms. The highest BCUT2D eigenvalue weighted by atomic mass is 35.5. The molecule has 0 aliphatic carbocycles. The molecule has 0 saturated carbocycles. The van der Waals surface area contributed by atoms with E-state index < -0.39 is 29.3 Å². The Kier molecular flexibility index (Phi) is 5.52. The summed E-state index contributed by atoms with van der Waals surface area (Å²) in [5, 5.41) is 7.41. The molecule has 0 atom stereocenters. The van der Waals surface area contributed by atoms with Gasteiger partial charge in [-0.2, -0.15) is 13.2 Å². The van der Waals surface area contributed by atoms with E-state index in [1.54, 1.807) is 18.3 Å². The number of benzene rings is 1. The molecule has 31 heavy (non-hydrogen) atoms. The fourth-order valence-corrected chi connectivity index (χ4v) is 3.59. The number of rotatable bonds is 3. The lowest BCUT2D eigenvalue weighted by Gasteiger charge is -2.35. The van der Waals surface area contributed by atoms with Crippen LogP contribution < -0.4 is 4.90 Å². The van der Waals surface area contributed by atoms with Gasteiger partial charge < -0.3 is 9.80 Å². The van der Waals surface area contributed by atoms with Crippen LogP contribution in [0.4, 0.5) is 23.4 Å². The number of carbonyl (C=O) groups excluding carboxylic acids is 1. The van der Waals surface area contributed by atoms with Gasteiger partial charge in [-0.15, -0.1) is 5.10 Å². The Labute approximate surface area is 178 Å². The number of aromatic nitrogens is 4. The Balaban J connectivity index is 1.59. The van der Waals surface area contributed by atoms with E-state index in [1.807, 2.05) is 4.90 Å². The standard InChI is InChI=1S/C19H15ClF4N6O/c20-14-5-2-6-25-17(14)28-7-9-29(10-8-28)18(31)15-16(19(22,23)24)30(27-26-15)13-4-1-3-12(21)11-13/h1-6,11H,7-10H2. The third-order valence-electron chi connectivity index (χ3n) is 4.80. The molecular weight excluding hydrogens is 440 g/mol. The molecular formula is C19H15ClF4N6O. The fourth-order valence-electron chi connectivity index (χ4n) is 3.35. The van der Waals surface area contributed by atoms with Crippen LogP contribution >= 0.6 is 11.6 Å². The van der Waals surface area contributed by atoms with Gasteiger partial charge in [0.2, 0.25) is 0 Å². The predicted molar refractivity (Wildman–Crippen MR) is 104 cm³/mol. The minimum Gasteiger partial charge on any atom is -0.352 e. The fraction of sp³-hybridized carbons (Fsp3) is 0.263. The molecule has 2 aromatic heterocycles. The van der Waals surface area contributed by atoms with Gasteiger partial charge in [0.15, 0.2) is 11.4 Å². The van der Waals surface area contributed by atoms with E-state index >= 15 is 0 Å². The number of halogens is 5. The van der Waals surface area contributed by atoms with E-state index in [1.165, 1.54) is 17.0 Å². The van der Waals surface area contributed by atoms with Crippen LogP contribution in [0.1, 0.15) is 16.2 Å². The molecule has 0 spiro atoms. The lowest BCUT2D eigenvalue weighted by atomic mass is 10.2. The Bertz CT molecular complexity index is 1110. The van der Waals surface area contributed by atoms with E-state index in [2.05, 4.69) is 15.3 Å². The monoisotopic (exact) mass is 454 g/mol. The lowest BCUT2D eigenvalue weighted by molar-refractivity contribution is -0.143. The maximum absolute atomic E-state index is 13.8. The van der Waals surface area contributed by atoms with Gasteiger partial charge in [0.1, 0.15) is 11.6 Å². The topological polar surface area (TPSA) is 67.2 Å². The maximum Gasteiger partial charge on any atom is 0.435 e. The predicted octanol–water partition coefficient (Wildman–Crippen LogP) is 3.44. The minimum absolute atomic E-state index is 0.149. The summed E-state index contributed by atoms with van der Waals surface area (Å²) < 4.78 is 55.3. The number of pyridine rings is 1. The Morgan fingerprint density at radius 2 is 1.81 bits per heavy atom. The van der Waals surface area contributed by atoms with Crippen LogP contribution in [-0.2, 0) is 6.18 Å². The van der Waals surface area contributed by atoms with Crippen molar-refractivity contribution in [2.45, 2.75) is 6.18 Å². The Morgan fingerprint density at radius 3 is 2.45 bits per heavy atom. The van der Waals surface area contributed by atoms with Crippen molar-refractivity contribution in [1.82, 2.24) is 24.9 Å². The molecule has 1 aliphatic heterocycles. The quantitative estimate of drug-likeness (QED) is 0.567. The summed E-state index contributed by atoms with van der Waals surface area (Å²) in [4.78, 5) is 20.2. The zero-order chi connectivity index (χ0) is 22.2. The van der Waals surface area contributed by atoms with Crippen LogP contribution in [-0.4, -0.2) is 57.0 Å². The van der Waals surface area contributed by atoms with E-state index in [-0.39, 0.29) is 18.8 Å². The van der Waals surface area contributed by atoms with Gasteiger partial charge in [0.25, 0.3) is 5.91 Å². The third-order valence-corrected chi connectivity index (χ3v) is 5.09. The van der Waals surface area contributed by atoms with E-state index in [0.29, 0.717) is 28.6 Å². The van der Waals surface area contributed by atoms with Crippen LogP contribution in [0.15, 0.2) is 42.6 Å². The van der Waals surface area contributed by atoms with E-state index in [4.69, 9.17) is 11.6 Å². The third kappa shape index (κ3) is 4.18. The van der Waals surface area contributed by atoms with Crippen LogP contribution in [0.5, 0.6) is 0 Å². The van der Waals surface area contributed by atoms with Gasteiger partial charge in [0.05, 0.1) is 10.7 Å². The molecule has 0 unspecified atom stereocenters. The van der Waals surface area contributed by atoms with Crippen molar-refractivity contribution in [1.29, 1.82) is 0 Å². The molecule has 1 saturated heterocycles. The van der Waals surface area contributed by atoms with Crippen LogP contribution in [0.25, 0.3) is 5.69 Å². The average Bonchev–Trinajstić information content (AvgIpc) is 3.20. The molecule has 7 nitrogen and oxygen atoms in total. The van der Waals surface area contributed by atoms with Crippen LogP contribution in [0, 0.1) is 5.82 Å². The molecule has 0 N–H and O–H groups in total. The second kappa shape index (κ2) is 8.14. The molecule has 162 valence electrons. The van der Waals surface area contributed by atoms with Gasteiger partial charge in [0, 0.05) is 32.4 Å². The first-order valence-corrected chi connectivity index (χ1v) is 9.57. The molecule has 3 aromatic rings. The molecule has 1 fully saturated rings. The first-order valence-electron chi connectivity index (χ1n) is 9.19. The van der Waals surface area contributed by atoms with Crippen LogP contribution in [0.3, 0.4) is 0 Å². The number of carbonyl (C=O) groups is 1. The Hall–Kier alpha value is -3.21. The van der Waals surface area contributed by atoms with Crippen molar-refractivity contribution in [2.75, 3.05) is 31.1 Å². The number of nitrogens with zero attached hydrogens (tertiary/aromatic N) is 6.